The Labute approximate surface area is 108 Å². The number of hydrogen-bond donors (Lipinski definition) is 1. The number of carbonyl (C=O) groups is 2. The van der Waals surface area contributed by atoms with Crippen LogP contribution in [0.3, 0.4) is 0 Å². The van der Waals surface area contributed by atoms with E-state index >= 15 is 0 Å². The van der Waals surface area contributed by atoms with Crippen LogP contribution in [-0.4, -0.2) is 21.8 Å². The van der Waals surface area contributed by atoms with Crippen LogP contribution in [0, 0.1) is 0 Å². The number of carboxylic acids is 1. The first-order valence-corrected chi connectivity index (χ1v) is 6.10. The lowest BCUT2D eigenvalue weighted by Gasteiger charge is -1.89. The van der Waals surface area contributed by atoms with Crippen LogP contribution in [0.1, 0.15) is 27.1 Å². The summed E-state index contributed by atoms with van der Waals surface area (Å²) in [6.07, 6.45) is 0. The largest absolute Gasteiger partial charge is 0.476 e. The Bertz CT molecular complexity index is 570. The Kier molecular flexibility index (Phi) is 3.12. The van der Waals surface area contributed by atoms with Crippen LogP contribution in [0.2, 0.25) is 0 Å². The first kappa shape index (κ1) is 12.0. The average Bonchev–Trinajstić information content (AvgIpc) is 2.82. The SMILES string of the molecule is CC(=O)c1sc(-c2ccc(Br)o2)nc1C(=O)O. The molecule has 0 saturated heterocycles. The first-order chi connectivity index (χ1) is 7.99. The molecule has 0 atom stereocenters. The van der Waals surface area contributed by atoms with E-state index in [1.165, 1.54) is 6.92 Å². The second-order valence-electron chi connectivity index (χ2n) is 3.16. The number of aromatic carboxylic acids is 1. The number of hydrogen-bond acceptors (Lipinski definition) is 5. The molecule has 2 heterocycles. The molecule has 2 rings (SSSR count). The number of aromatic nitrogens is 1. The number of furan rings is 1. The number of ketones is 1. The molecule has 2 aromatic rings. The monoisotopic (exact) mass is 315 g/mol. The molecule has 0 fully saturated rings. The maximum Gasteiger partial charge on any atom is 0.356 e. The highest BCUT2D eigenvalue weighted by Gasteiger charge is 2.22. The fraction of sp³-hybridized carbons (Fsp3) is 0.100. The zero-order valence-electron chi connectivity index (χ0n) is 8.56. The van der Waals surface area contributed by atoms with Gasteiger partial charge in [0.1, 0.15) is 4.88 Å². The molecule has 0 unspecified atom stereocenters. The minimum atomic E-state index is -1.22. The van der Waals surface area contributed by atoms with Crippen molar-refractivity contribution in [3.05, 3.63) is 27.4 Å². The predicted octanol–water partition coefficient (Wildman–Crippen LogP) is 3.07. The Morgan fingerprint density at radius 3 is 2.59 bits per heavy atom. The van der Waals surface area contributed by atoms with Crippen molar-refractivity contribution in [1.29, 1.82) is 0 Å². The van der Waals surface area contributed by atoms with Crippen LogP contribution in [0.25, 0.3) is 10.8 Å². The van der Waals surface area contributed by atoms with E-state index in [1.54, 1.807) is 12.1 Å². The van der Waals surface area contributed by atoms with Crippen LogP contribution in [0.5, 0.6) is 0 Å². The molecule has 0 aliphatic carbocycles. The zero-order chi connectivity index (χ0) is 12.6. The second kappa shape index (κ2) is 4.42. The lowest BCUT2D eigenvalue weighted by Crippen LogP contribution is -2.03. The molecular formula is C10H6BrNO4S. The molecule has 0 aliphatic rings. The molecule has 1 N–H and O–H groups in total. The summed E-state index contributed by atoms with van der Waals surface area (Å²) in [4.78, 5) is 26.2. The van der Waals surface area contributed by atoms with Crippen molar-refractivity contribution in [2.45, 2.75) is 6.92 Å². The number of rotatable bonds is 3. The average molecular weight is 316 g/mol. The number of halogens is 1. The molecule has 2 aromatic heterocycles. The molecule has 17 heavy (non-hydrogen) atoms. The quantitative estimate of drug-likeness (QED) is 0.880. The van der Waals surface area contributed by atoms with Gasteiger partial charge in [0.2, 0.25) is 0 Å². The van der Waals surface area contributed by atoms with E-state index in [0.29, 0.717) is 15.4 Å². The van der Waals surface area contributed by atoms with Crippen LogP contribution in [-0.2, 0) is 0 Å². The lowest BCUT2D eigenvalue weighted by molar-refractivity contribution is 0.0687. The fourth-order valence-electron chi connectivity index (χ4n) is 1.24. The summed E-state index contributed by atoms with van der Waals surface area (Å²) in [6.45, 7) is 1.31. The summed E-state index contributed by atoms with van der Waals surface area (Å²) in [5.41, 5.74) is -0.231. The van der Waals surface area contributed by atoms with E-state index in [0.717, 1.165) is 11.3 Å². The van der Waals surface area contributed by atoms with Gasteiger partial charge in [-0.15, -0.1) is 11.3 Å². The van der Waals surface area contributed by atoms with Crippen molar-refractivity contribution in [1.82, 2.24) is 4.98 Å². The van der Waals surface area contributed by atoms with Gasteiger partial charge in [-0.2, -0.15) is 0 Å². The normalized spacial score (nSPS) is 10.5. The number of carboxylic acid groups (broad SMARTS) is 1. The van der Waals surface area contributed by atoms with Gasteiger partial charge >= 0.3 is 5.97 Å². The van der Waals surface area contributed by atoms with Crippen molar-refractivity contribution in [2.24, 2.45) is 0 Å². The maximum atomic E-state index is 11.3. The predicted molar refractivity (Wildman–Crippen MR) is 64.5 cm³/mol. The summed E-state index contributed by atoms with van der Waals surface area (Å²) < 4.78 is 5.78. The van der Waals surface area contributed by atoms with E-state index < -0.39 is 5.97 Å². The van der Waals surface area contributed by atoms with Crippen molar-refractivity contribution >= 4 is 39.0 Å². The maximum absolute atomic E-state index is 11.3. The molecular weight excluding hydrogens is 310 g/mol. The molecule has 88 valence electrons. The summed E-state index contributed by atoms with van der Waals surface area (Å²) >= 11 is 4.15. The van der Waals surface area contributed by atoms with E-state index in [-0.39, 0.29) is 16.4 Å². The molecule has 5 nitrogen and oxygen atoms in total. The number of Topliss-reactive ketones (excluding diaryl/α,β-unsaturated/α-hetero) is 1. The summed E-state index contributed by atoms with van der Waals surface area (Å²) in [7, 11) is 0. The molecule has 0 aliphatic heterocycles. The number of carbonyl (C=O) groups excluding carboxylic acids is 1. The van der Waals surface area contributed by atoms with Gasteiger partial charge in [0.25, 0.3) is 0 Å². The third-order valence-electron chi connectivity index (χ3n) is 1.93. The third-order valence-corrected chi connectivity index (χ3v) is 3.53. The summed E-state index contributed by atoms with van der Waals surface area (Å²) in [6, 6.07) is 3.32. The fourth-order valence-corrected chi connectivity index (χ4v) is 2.46. The van der Waals surface area contributed by atoms with E-state index in [4.69, 9.17) is 9.52 Å². The Balaban J connectivity index is 2.54. The molecule has 0 amide bonds. The molecule has 0 saturated carbocycles. The van der Waals surface area contributed by atoms with Crippen LogP contribution < -0.4 is 0 Å². The highest BCUT2D eigenvalue weighted by Crippen LogP contribution is 2.31. The van der Waals surface area contributed by atoms with Crippen molar-refractivity contribution in [3.8, 4) is 10.8 Å². The van der Waals surface area contributed by atoms with Gasteiger partial charge in [0.15, 0.2) is 26.9 Å². The van der Waals surface area contributed by atoms with Crippen LogP contribution in [0.4, 0.5) is 0 Å². The van der Waals surface area contributed by atoms with Gasteiger partial charge in [0.05, 0.1) is 0 Å². The van der Waals surface area contributed by atoms with Crippen molar-refractivity contribution < 1.29 is 19.1 Å². The van der Waals surface area contributed by atoms with Crippen molar-refractivity contribution in [3.63, 3.8) is 0 Å². The minimum absolute atomic E-state index is 0.125. The molecule has 0 radical (unpaired) electrons. The highest BCUT2D eigenvalue weighted by atomic mass is 79.9. The number of thiazole rings is 1. The van der Waals surface area contributed by atoms with Gasteiger partial charge in [-0.1, -0.05) is 0 Å². The number of nitrogens with zero attached hydrogens (tertiary/aromatic N) is 1. The van der Waals surface area contributed by atoms with Gasteiger partial charge in [-0.05, 0) is 28.1 Å². The molecule has 0 spiro atoms. The van der Waals surface area contributed by atoms with Crippen molar-refractivity contribution in [2.75, 3.05) is 0 Å². The summed E-state index contributed by atoms with van der Waals surface area (Å²) in [5, 5.41) is 9.31. The third kappa shape index (κ3) is 2.29. The first-order valence-electron chi connectivity index (χ1n) is 4.50. The smallest absolute Gasteiger partial charge is 0.356 e. The van der Waals surface area contributed by atoms with E-state index in [2.05, 4.69) is 20.9 Å². The Morgan fingerprint density at radius 1 is 1.47 bits per heavy atom. The van der Waals surface area contributed by atoms with Crippen LogP contribution in [0.15, 0.2) is 21.2 Å². The molecule has 7 heteroatoms. The van der Waals surface area contributed by atoms with Crippen LogP contribution >= 0.6 is 27.3 Å². The minimum Gasteiger partial charge on any atom is -0.476 e. The topological polar surface area (TPSA) is 80.4 Å². The van der Waals surface area contributed by atoms with E-state index in [9.17, 15) is 9.59 Å². The van der Waals surface area contributed by atoms with Gasteiger partial charge < -0.3 is 9.52 Å². The summed E-state index contributed by atoms with van der Waals surface area (Å²) in [5.74, 6) is -1.11. The van der Waals surface area contributed by atoms with Gasteiger partial charge in [0, 0.05) is 6.92 Å². The lowest BCUT2D eigenvalue weighted by atomic mass is 10.3. The zero-order valence-corrected chi connectivity index (χ0v) is 11.0. The second-order valence-corrected chi connectivity index (χ2v) is 4.94. The Hall–Kier alpha value is -1.47. The Morgan fingerprint density at radius 2 is 2.18 bits per heavy atom. The molecule has 0 bridgehead atoms. The van der Waals surface area contributed by atoms with Gasteiger partial charge in [-0.3, -0.25) is 4.79 Å². The standard InChI is InChI=1S/C10H6BrNO4S/c1-4(13)8-7(10(14)15)12-9(17-8)5-2-3-6(11)16-5/h2-3H,1H3,(H,14,15). The van der Waals surface area contributed by atoms with E-state index in [1.807, 2.05) is 0 Å². The highest BCUT2D eigenvalue weighted by molar-refractivity contribution is 9.10. The molecule has 0 aromatic carbocycles. The van der Waals surface area contributed by atoms with Gasteiger partial charge in [-0.25, -0.2) is 9.78 Å².